The second-order valence-corrected chi connectivity index (χ2v) is 12.3. The smallest absolute Gasteiger partial charge is 0.355 e. The zero-order valence-corrected chi connectivity index (χ0v) is 20.7. The first kappa shape index (κ1) is 24.7. The standard InChI is InChI=1S/C25H35NO10/c1-12(2)22(32)17(35-16(29)14-6-5-9-26-14)23(33)19(11-27)10-21(31)18(22,4)25(23,34)24(36-21)15(28)13(3)7-8-20(19,24)30/h5-6,9,12-13,15,17,26-28,30-34H,7-8,10-11H2,1-4H3. The Labute approximate surface area is 207 Å². The van der Waals surface area contributed by atoms with Gasteiger partial charge in [0.1, 0.15) is 28.1 Å². The largest absolute Gasteiger partial charge is 0.451 e. The number of rotatable bonds is 4. The molecule has 4 aliphatic carbocycles. The second-order valence-electron chi connectivity index (χ2n) is 12.3. The van der Waals surface area contributed by atoms with Crippen LogP contribution >= 0.6 is 0 Å². The third kappa shape index (κ3) is 1.77. The number of ether oxygens (including phenoxy) is 2. The van der Waals surface area contributed by atoms with Crippen molar-refractivity contribution in [3.63, 3.8) is 0 Å². The van der Waals surface area contributed by atoms with Crippen LogP contribution < -0.4 is 0 Å². The Hall–Kier alpha value is -1.57. The van der Waals surface area contributed by atoms with Gasteiger partial charge < -0.3 is 50.2 Å². The average Bonchev–Trinajstić information content (AvgIpc) is 3.45. The number of hydrogen-bond donors (Lipinski definition) is 8. The lowest BCUT2D eigenvalue weighted by atomic mass is 9.52. The normalized spacial score (nSPS) is 58.5. The Morgan fingerprint density at radius 2 is 1.92 bits per heavy atom. The summed E-state index contributed by atoms with van der Waals surface area (Å²) >= 11 is 0. The number of carbonyl (C=O) groups is 1. The summed E-state index contributed by atoms with van der Waals surface area (Å²) < 4.78 is 12.0. The van der Waals surface area contributed by atoms with E-state index in [1.165, 1.54) is 19.2 Å². The van der Waals surface area contributed by atoms with E-state index < -0.39 is 87.7 Å². The molecule has 0 radical (unpaired) electrons. The van der Waals surface area contributed by atoms with Crippen molar-refractivity contribution in [3.8, 4) is 0 Å². The molecule has 6 aliphatic rings. The molecule has 0 aromatic carbocycles. The molecule has 7 rings (SSSR count). The van der Waals surface area contributed by atoms with E-state index in [1.807, 2.05) is 0 Å². The van der Waals surface area contributed by atoms with Crippen LogP contribution in [0.4, 0.5) is 0 Å². The third-order valence-electron chi connectivity index (χ3n) is 11.3. The summed E-state index contributed by atoms with van der Waals surface area (Å²) in [7, 11) is 0. The predicted octanol–water partition coefficient (Wildman–Crippen LogP) is -1.22. The zero-order chi connectivity index (χ0) is 26.5. The molecule has 2 saturated heterocycles. The van der Waals surface area contributed by atoms with E-state index in [1.54, 1.807) is 26.8 Å². The lowest BCUT2D eigenvalue weighted by molar-refractivity contribution is -0.396. The molecule has 11 nitrogen and oxygen atoms in total. The highest BCUT2D eigenvalue weighted by molar-refractivity contribution is 5.87. The predicted molar refractivity (Wildman–Crippen MR) is 120 cm³/mol. The Morgan fingerprint density at radius 1 is 1.25 bits per heavy atom. The molecule has 11 atom stereocenters. The van der Waals surface area contributed by atoms with E-state index in [2.05, 4.69) is 4.98 Å². The minimum absolute atomic E-state index is 0.0109. The van der Waals surface area contributed by atoms with Crippen molar-refractivity contribution in [3.05, 3.63) is 24.0 Å². The van der Waals surface area contributed by atoms with Crippen LogP contribution in [0.15, 0.2) is 18.3 Å². The number of aliphatic hydroxyl groups is 7. The number of carbonyl (C=O) groups excluding carboxylic acids is 1. The van der Waals surface area contributed by atoms with Crippen molar-refractivity contribution in [2.45, 2.75) is 93.0 Å². The molecule has 6 fully saturated rings. The SMILES string of the molecule is CC1CCC2(O)C3(CO)CC4(O)OC2(C1O)C1(O)C3(O)C(OC(=O)c2ccc[nH]2)C(O)(C(C)C)C41C. The maximum Gasteiger partial charge on any atom is 0.355 e. The van der Waals surface area contributed by atoms with Crippen LogP contribution in [-0.2, 0) is 9.47 Å². The lowest BCUT2D eigenvalue weighted by Gasteiger charge is -2.61. The Balaban J connectivity index is 1.71. The molecule has 1 aromatic heterocycles. The summed E-state index contributed by atoms with van der Waals surface area (Å²) in [5, 5.41) is 85.0. The van der Waals surface area contributed by atoms with Gasteiger partial charge in [0.15, 0.2) is 17.5 Å². The summed E-state index contributed by atoms with van der Waals surface area (Å²) in [4.78, 5) is 15.9. The van der Waals surface area contributed by atoms with Crippen LogP contribution in [0.5, 0.6) is 0 Å². The van der Waals surface area contributed by atoms with Crippen LogP contribution in [0.3, 0.4) is 0 Å². The first-order valence-electron chi connectivity index (χ1n) is 12.5. The highest BCUT2D eigenvalue weighted by Crippen LogP contribution is 2.90. The van der Waals surface area contributed by atoms with Crippen LogP contribution in [0.25, 0.3) is 0 Å². The highest BCUT2D eigenvalue weighted by Gasteiger charge is 3.11. The highest BCUT2D eigenvalue weighted by atomic mass is 16.7. The number of aromatic amines is 1. The summed E-state index contributed by atoms with van der Waals surface area (Å²) in [6.07, 6.45) is -2.41. The van der Waals surface area contributed by atoms with Crippen LogP contribution in [0.2, 0.25) is 0 Å². The number of aromatic nitrogens is 1. The zero-order valence-electron chi connectivity index (χ0n) is 20.7. The van der Waals surface area contributed by atoms with E-state index in [0.717, 1.165) is 0 Å². The van der Waals surface area contributed by atoms with Crippen LogP contribution in [-0.4, -0.2) is 99.3 Å². The molecule has 11 heteroatoms. The number of nitrogens with one attached hydrogen (secondary N) is 1. The van der Waals surface area contributed by atoms with Gasteiger partial charge in [-0.3, -0.25) is 0 Å². The molecular weight excluding hydrogens is 474 g/mol. The molecule has 6 bridgehead atoms. The van der Waals surface area contributed by atoms with Gasteiger partial charge in [0.25, 0.3) is 0 Å². The minimum atomic E-state index is -2.74. The van der Waals surface area contributed by atoms with Crippen molar-refractivity contribution in [1.29, 1.82) is 0 Å². The van der Waals surface area contributed by atoms with Gasteiger partial charge in [-0.25, -0.2) is 4.79 Å². The fraction of sp³-hybridized carbons (Fsp3) is 0.800. The molecule has 8 N–H and O–H groups in total. The van der Waals surface area contributed by atoms with Gasteiger partial charge in [-0.15, -0.1) is 0 Å². The van der Waals surface area contributed by atoms with Crippen molar-refractivity contribution < 1.29 is 50.0 Å². The number of hydrogen-bond acceptors (Lipinski definition) is 10. The van der Waals surface area contributed by atoms with Crippen molar-refractivity contribution in [1.82, 2.24) is 4.98 Å². The van der Waals surface area contributed by atoms with E-state index >= 15 is 0 Å². The van der Waals surface area contributed by atoms with Crippen LogP contribution in [0, 0.1) is 22.7 Å². The summed E-state index contributed by atoms with van der Waals surface area (Å²) in [5.74, 6) is -4.74. The Morgan fingerprint density at radius 3 is 2.47 bits per heavy atom. The van der Waals surface area contributed by atoms with E-state index in [-0.39, 0.29) is 18.5 Å². The van der Waals surface area contributed by atoms with Crippen molar-refractivity contribution >= 4 is 5.97 Å². The quantitative estimate of drug-likeness (QED) is 0.228. The van der Waals surface area contributed by atoms with Crippen molar-refractivity contribution in [2.24, 2.45) is 22.7 Å². The molecule has 11 unspecified atom stereocenters. The van der Waals surface area contributed by atoms with Crippen LogP contribution in [0.1, 0.15) is 57.4 Å². The number of esters is 1. The van der Waals surface area contributed by atoms with Gasteiger partial charge in [0.2, 0.25) is 0 Å². The van der Waals surface area contributed by atoms with E-state index in [4.69, 9.17) is 9.47 Å². The average molecular weight is 510 g/mol. The van der Waals surface area contributed by atoms with Gasteiger partial charge in [-0.1, -0.05) is 20.8 Å². The van der Waals surface area contributed by atoms with Gasteiger partial charge >= 0.3 is 5.97 Å². The fourth-order valence-corrected chi connectivity index (χ4v) is 9.62. The molecule has 36 heavy (non-hydrogen) atoms. The van der Waals surface area contributed by atoms with Gasteiger partial charge in [-0.2, -0.15) is 0 Å². The molecular formula is C25H35NO10. The topological polar surface area (TPSA) is 193 Å². The molecule has 0 amide bonds. The minimum Gasteiger partial charge on any atom is -0.451 e. The monoisotopic (exact) mass is 509 g/mol. The number of H-pyrrole nitrogens is 1. The summed E-state index contributed by atoms with van der Waals surface area (Å²) in [6.45, 7) is 5.23. The van der Waals surface area contributed by atoms with E-state index in [9.17, 15) is 40.5 Å². The molecule has 2 aliphatic heterocycles. The lowest BCUT2D eigenvalue weighted by Crippen LogP contribution is -2.75. The van der Waals surface area contributed by atoms with Gasteiger partial charge in [0.05, 0.1) is 23.5 Å². The second kappa shape index (κ2) is 6.35. The Kier molecular flexibility index (Phi) is 4.36. The van der Waals surface area contributed by atoms with Gasteiger partial charge in [0, 0.05) is 12.6 Å². The maximum absolute atomic E-state index is 13.2. The number of aliphatic hydroxyl groups excluding tert-OH is 2. The van der Waals surface area contributed by atoms with Crippen molar-refractivity contribution in [2.75, 3.05) is 6.61 Å². The van der Waals surface area contributed by atoms with E-state index in [0.29, 0.717) is 0 Å². The summed E-state index contributed by atoms with van der Waals surface area (Å²) in [5.41, 5.74) is -16.7. The fourth-order valence-electron chi connectivity index (χ4n) is 9.62. The first-order chi connectivity index (χ1) is 16.6. The maximum atomic E-state index is 13.2. The molecule has 4 saturated carbocycles. The molecule has 1 spiro atoms. The first-order valence-corrected chi connectivity index (χ1v) is 12.5. The molecule has 3 heterocycles. The summed E-state index contributed by atoms with van der Waals surface area (Å²) in [6, 6.07) is 2.99. The Bertz CT molecular complexity index is 1140. The molecule has 1 aromatic rings. The van der Waals surface area contributed by atoms with Gasteiger partial charge in [-0.05, 0) is 43.7 Å². The third-order valence-corrected chi connectivity index (χ3v) is 11.3. The molecule has 200 valence electrons.